The summed E-state index contributed by atoms with van der Waals surface area (Å²) in [6.45, 7) is 3.65. The quantitative estimate of drug-likeness (QED) is 0.706. The van der Waals surface area contributed by atoms with Crippen LogP contribution in [0.4, 0.5) is 0 Å². The highest BCUT2D eigenvalue weighted by molar-refractivity contribution is 7.89. The summed E-state index contributed by atoms with van der Waals surface area (Å²) < 4.78 is 27.7. The van der Waals surface area contributed by atoms with Gasteiger partial charge in [0.05, 0.1) is 4.90 Å². The maximum absolute atomic E-state index is 12.6. The molecule has 1 aromatic carbocycles. The summed E-state index contributed by atoms with van der Waals surface area (Å²) in [5.41, 5.74) is 2.41. The van der Waals surface area contributed by atoms with E-state index in [2.05, 4.69) is 9.62 Å². The van der Waals surface area contributed by atoms with Crippen LogP contribution < -0.4 is 4.72 Å². The van der Waals surface area contributed by atoms with Crippen molar-refractivity contribution in [1.82, 2.24) is 14.5 Å². The number of nitrogens with one attached hydrogen (secondary N) is 1. The van der Waals surface area contributed by atoms with Gasteiger partial charge in [-0.15, -0.1) is 0 Å². The second-order valence-corrected chi connectivity index (χ2v) is 8.97. The van der Waals surface area contributed by atoms with Crippen molar-refractivity contribution in [3.05, 3.63) is 29.3 Å². The average Bonchev–Trinajstić information content (AvgIpc) is 2.59. The molecular formula is C19H31N3O3S. The Morgan fingerprint density at radius 3 is 2.42 bits per heavy atom. The molecule has 2 rings (SSSR count). The first-order chi connectivity index (χ1) is 12.3. The third kappa shape index (κ3) is 6.07. The highest BCUT2D eigenvalue weighted by Crippen LogP contribution is 2.23. The molecule has 7 heteroatoms. The summed E-state index contributed by atoms with van der Waals surface area (Å²) in [7, 11) is 0.437. The third-order valence-electron chi connectivity index (χ3n) is 4.78. The number of aryl methyl sites for hydroxylation is 2. The molecule has 0 unspecified atom stereocenters. The number of carbonyl (C=O) groups excluding carboxylic acids is 1. The Morgan fingerprint density at radius 1 is 1.08 bits per heavy atom. The van der Waals surface area contributed by atoms with Gasteiger partial charge in [0.15, 0.2) is 0 Å². The van der Waals surface area contributed by atoms with Crippen LogP contribution in [-0.4, -0.2) is 64.4 Å². The van der Waals surface area contributed by atoms with Crippen molar-refractivity contribution in [1.29, 1.82) is 0 Å². The Bertz CT molecular complexity index is 717. The Balaban J connectivity index is 1.91. The zero-order valence-corrected chi connectivity index (χ0v) is 16.9. The van der Waals surface area contributed by atoms with Crippen molar-refractivity contribution < 1.29 is 13.2 Å². The third-order valence-corrected chi connectivity index (χ3v) is 6.24. The molecule has 0 heterocycles. The van der Waals surface area contributed by atoms with Crippen molar-refractivity contribution in [2.75, 3.05) is 40.3 Å². The van der Waals surface area contributed by atoms with Gasteiger partial charge >= 0.3 is 0 Å². The monoisotopic (exact) mass is 381 g/mol. The Morgan fingerprint density at radius 2 is 1.77 bits per heavy atom. The van der Waals surface area contributed by atoms with Crippen molar-refractivity contribution >= 4 is 15.9 Å². The molecular weight excluding hydrogens is 350 g/mol. The van der Waals surface area contributed by atoms with E-state index in [-0.39, 0.29) is 12.5 Å². The zero-order valence-electron chi connectivity index (χ0n) is 16.1. The fourth-order valence-electron chi connectivity index (χ4n) is 3.28. The lowest BCUT2D eigenvalue weighted by Crippen LogP contribution is -2.38. The van der Waals surface area contributed by atoms with Gasteiger partial charge in [0.2, 0.25) is 15.9 Å². The standard InChI is InChI=1S/C19H31N3O3S/c1-16(23)22(13-6-12-21(2)3)14-11-20-26(24,25)19-10-9-17-7-4-5-8-18(17)15-19/h9-10,15,20H,4-8,11-14H2,1-3H3. The van der Waals surface area contributed by atoms with Crippen LogP contribution in [-0.2, 0) is 27.7 Å². The largest absolute Gasteiger partial charge is 0.342 e. The molecule has 6 nitrogen and oxygen atoms in total. The fraction of sp³-hybridized carbons (Fsp3) is 0.632. The summed E-state index contributed by atoms with van der Waals surface area (Å²) >= 11 is 0. The first-order valence-corrected chi connectivity index (χ1v) is 10.8. The molecule has 0 bridgehead atoms. The number of nitrogens with zero attached hydrogens (tertiary/aromatic N) is 2. The van der Waals surface area contributed by atoms with E-state index in [0.29, 0.717) is 18.0 Å². The predicted molar refractivity (Wildman–Crippen MR) is 104 cm³/mol. The minimum atomic E-state index is -3.55. The Hall–Kier alpha value is -1.44. The molecule has 0 saturated heterocycles. The second kappa shape index (κ2) is 9.48. The normalized spacial score (nSPS) is 14.3. The van der Waals surface area contributed by atoms with E-state index in [0.717, 1.165) is 37.8 Å². The predicted octanol–water partition coefficient (Wildman–Crippen LogP) is 1.64. The highest BCUT2D eigenvalue weighted by Gasteiger charge is 2.18. The molecule has 0 aliphatic heterocycles. The minimum absolute atomic E-state index is 0.0308. The summed E-state index contributed by atoms with van der Waals surface area (Å²) in [5.74, 6) is -0.0308. The number of hydrogen-bond donors (Lipinski definition) is 1. The molecule has 1 N–H and O–H groups in total. The molecule has 0 aromatic heterocycles. The van der Waals surface area contributed by atoms with Gasteiger partial charge in [-0.3, -0.25) is 4.79 Å². The lowest BCUT2D eigenvalue weighted by atomic mass is 9.92. The van der Waals surface area contributed by atoms with E-state index in [1.54, 1.807) is 17.0 Å². The Kier molecular flexibility index (Phi) is 7.61. The summed E-state index contributed by atoms with van der Waals surface area (Å²) in [6.07, 6.45) is 5.13. The van der Waals surface area contributed by atoms with Crippen LogP contribution in [0.25, 0.3) is 0 Å². The molecule has 0 atom stereocenters. The zero-order chi connectivity index (χ0) is 19.2. The highest BCUT2D eigenvalue weighted by atomic mass is 32.2. The van der Waals surface area contributed by atoms with Crippen molar-refractivity contribution in [3.8, 4) is 0 Å². The van der Waals surface area contributed by atoms with Crippen LogP contribution in [0.2, 0.25) is 0 Å². The number of hydrogen-bond acceptors (Lipinski definition) is 4. The maximum atomic E-state index is 12.6. The van der Waals surface area contributed by atoms with Gasteiger partial charge in [0.25, 0.3) is 0 Å². The van der Waals surface area contributed by atoms with Crippen LogP contribution in [0.15, 0.2) is 23.1 Å². The molecule has 26 heavy (non-hydrogen) atoms. The summed E-state index contributed by atoms with van der Waals surface area (Å²) in [4.78, 5) is 15.8. The SMILES string of the molecule is CC(=O)N(CCCN(C)C)CCNS(=O)(=O)c1ccc2c(c1)CCCC2. The minimum Gasteiger partial charge on any atom is -0.342 e. The van der Waals surface area contributed by atoms with Crippen LogP contribution >= 0.6 is 0 Å². The van der Waals surface area contributed by atoms with Crippen molar-refractivity contribution in [2.45, 2.75) is 43.9 Å². The maximum Gasteiger partial charge on any atom is 0.240 e. The number of benzene rings is 1. The van der Waals surface area contributed by atoms with Gasteiger partial charge in [-0.2, -0.15) is 0 Å². The van der Waals surface area contributed by atoms with E-state index in [1.165, 1.54) is 18.9 Å². The molecule has 0 saturated carbocycles. The van der Waals surface area contributed by atoms with Gasteiger partial charge in [0, 0.05) is 26.6 Å². The molecule has 0 fully saturated rings. The van der Waals surface area contributed by atoms with Crippen LogP contribution in [0.3, 0.4) is 0 Å². The van der Waals surface area contributed by atoms with Gasteiger partial charge in [-0.05, 0) is 76.0 Å². The van der Waals surface area contributed by atoms with Gasteiger partial charge in [-0.25, -0.2) is 13.1 Å². The Labute approximate surface area is 157 Å². The molecule has 1 aromatic rings. The van der Waals surface area contributed by atoms with Gasteiger partial charge < -0.3 is 9.80 Å². The number of fused-ring (bicyclic) bond motifs is 1. The molecule has 1 aliphatic carbocycles. The van der Waals surface area contributed by atoms with Crippen LogP contribution in [0, 0.1) is 0 Å². The molecule has 1 aliphatic rings. The van der Waals surface area contributed by atoms with Crippen molar-refractivity contribution in [2.24, 2.45) is 0 Å². The number of amides is 1. The lowest BCUT2D eigenvalue weighted by Gasteiger charge is -2.22. The molecule has 146 valence electrons. The van der Waals surface area contributed by atoms with E-state index in [1.807, 2.05) is 20.2 Å². The van der Waals surface area contributed by atoms with Gasteiger partial charge in [-0.1, -0.05) is 6.07 Å². The average molecular weight is 382 g/mol. The first kappa shape index (κ1) is 20.9. The lowest BCUT2D eigenvalue weighted by molar-refractivity contribution is -0.128. The summed E-state index contributed by atoms with van der Waals surface area (Å²) in [6, 6.07) is 5.43. The second-order valence-electron chi connectivity index (χ2n) is 7.20. The van der Waals surface area contributed by atoms with E-state index in [4.69, 9.17) is 0 Å². The van der Waals surface area contributed by atoms with Crippen molar-refractivity contribution in [3.63, 3.8) is 0 Å². The topological polar surface area (TPSA) is 69.7 Å². The first-order valence-electron chi connectivity index (χ1n) is 9.31. The van der Waals surface area contributed by atoms with Crippen LogP contribution in [0.1, 0.15) is 37.3 Å². The number of rotatable bonds is 9. The molecule has 0 spiro atoms. The van der Waals surface area contributed by atoms with E-state index < -0.39 is 10.0 Å². The van der Waals surface area contributed by atoms with Crippen LogP contribution in [0.5, 0.6) is 0 Å². The summed E-state index contributed by atoms with van der Waals surface area (Å²) in [5, 5.41) is 0. The fourth-order valence-corrected chi connectivity index (χ4v) is 4.35. The van der Waals surface area contributed by atoms with E-state index >= 15 is 0 Å². The number of carbonyl (C=O) groups is 1. The van der Waals surface area contributed by atoms with Gasteiger partial charge in [0.1, 0.15) is 0 Å². The smallest absolute Gasteiger partial charge is 0.240 e. The number of sulfonamides is 1. The molecule has 1 amide bonds. The molecule has 0 radical (unpaired) electrons. The van der Waals surface area contributed by atoms with E-state index in [9.17, 15) is 13.2 Å².